The molecule has 144 valence electrons. The molecule has 0 aromatic heterocycles. The van der Waals surface area contributed by atoms with Gasteiger partial charge in [-0.2, -0.15) is 0 Å². The Kier molecular flexibility index (Phi) is 7.28. The molecule has 27 heavy (non-hydrogen) atoms. The third kappa shape index (κ3) is 6.06. The van der Waals surface area contributed by atoms with Crippen LogP contribution in [0.15, 0.2) is 36.4 Å². The van der Waals surface area contributed by atoms with Gasteiger partial charge in [0.15, 0.2) is 0 Å². The van der Waals surface area contributed by atoms with Crippen molar-refractivity contribution in [3.8, 4) is 5.75 Å². The number of hydrogen-bond donors (Lipinski definition) is 2. The SMILES string of the molecule is CCOc1cc(C)ccc1NC(=O)CCCNC(=O)c1ccc(F)cc1F. The third-order valence-corrected chi connectivity index (χ3v) is 3.75. The van der Waals surface area contributed by atoms with Crippen molar-refractivity contribution < 1.29 is 23.1 Å². The monoisotopic (exact) mass is 376 g/mol. The van der Waals surface area contributed by atoms with Crippen LogP contribution >= 0.6 is 0 Å². The quantitative estimate of drug-likeness (QED) is 0.689. The largest absolute Gasteiger partial charge is 0.492 e. The van der Waals surface area contributed by atoms with Crippen LogP contribution < -0.4 is 15.4 Å². The lowest BCUT2D eigenvalue weighted by Gasteiger charge is -2.12. The van der Waals surface area contributed by atoms with Gasteiger partial charge in [0.05, 0.1) is 17.9 Å². The van der Waals surface area contributed by atoms with Crippen molar-refractivity contribution >= 4 is 17.5 Å². The molecule has 7 heteroatoms. The summed E-state index contributed by atoms with van der Waals surface area (Å²) in [4.78, 5) is 23.9. The summed E-state index contributed by atoms with van der Waals surface area (Å²) in [6, 6.07) is 8.24. The number of aryl methyl sites for hydroxylation is 1. The molecule has 2 N–H and O–H groups in total. The molecule has 0 heterocycles. The van der Waals surface area contributed by atoms with Crippen LogP contribution in [0.25, 0.3) is 0 Å². The van der Waals surface area contributed by atoms with Gasteiger partial charge >= 0.3 is 0 Å². The van der Waals surface area contributed by atoms with Gasteiger partial charge in [0.1, 0.15) is 17.4 Å². The number of carbonyl (C=O) groups is 2. The van der Waals surface area contributed by atoms with Gasteiger partial charge < -0.3 is 15.4 Å². The third-order valence-electron chi connectivity index (χ3n) is 3.75. The predicted octanol–water partition coefficient (Wildman–Crippen LogP) is 3.82. The smallest absolute Gasteiger partial charge is 0.254 e. The first-order chi connectivity index (χ1) is 12.9. The van der Waals surface area contributed by atoms with E-state index in [9.17, 15) is 18.4 Å². The zero-order valence-corrected chi connectivity index (χ0v) is 15.3. The number of amides is 2. The van der Waals surface area contributed by atoms with Gasteiger partial charge in [0, 0.05) is 19.0 Å². The van der Waals surface area contributed by atoms with Gasteiger partial charge in [-0.05, 0) is 50.1 Å². The molecule has 0 aliphatic rings. The van der Waals surface area contributed by atoms with E-state index in [1.165, 1.54) is 0 Å². The Morgan fingerprint density at radius 3 is 2.59 bits per heavy atom. The van der Waals surface area contributed by atoms with E-state index >= 15 is 0 Å². The van der Waals surface area contributed by atoms with Crippen LogP contribution in [0.4, 0.5) is 14.5 Å². The van der Waals surface area contributed by atoms with Crippen LogP contribution in [0.1, 0.15) is 35.7 Å². The van der Waals surface area contributed by atoms with Crippen molar-refractivity contribution in [3.63, 3.8) is 0 Å². The van der Waals surface area contributed by atoms with Crippen LogP contribution in [0.3, 0.4) is 0 Å². The average molecular weight is 376 g/mol. The highest BCUT2D eigenvalue weighted by molar-refractivity contribution is 5.94. The molecule has 0 saturated heterocycles. The molecule has 0 radical (unpaired) electrons. The molecular weight excluding hydrogens is 354 g/mol. The Labute approximate surface area is 156 Å². The van der Waals surface area contributed by atoms with Crippen molar-refractivity contribution in [1.29, 1.82) is 0 Å². The highest BCUT2D eigenvalue weighted by Crippen LogP contribution is 2.25. The second-order valence-corrected chi connectivity index (χ2v) is 5.96. The predicted molar refractivity (Wildman–Crippen MR) is 98.9 cm³/mol. The minimum Gasteiger partial charge on any atom is -0.492 e. The minimum atomic E-state index is -0.923. The summed E-state index contributed by atoms with van der Waals surface area (Å²) >= 11 is 0. The zero-order valence-electron chi connectivity index (χ0n) is 15.3. The lowest BCUT2D eigenvalue weighted by molar-refractivity contribution is -0.116. The van der Waals surface area contributed by atoms with Crippen LogP contribution in [-0.2, 0) is 4.79 Å². The summed E-state index contributed by atoms with van der Waals surface area (Å²) in [5.41, 5.74) is 1.37. The Hall–Kier alpha value is -2.96. The maximum Gasteiger partial charge on any atom is 0.254 e. The number of anilines is 1. The van der Waals surface area contributed by atoms with Crippen LogP contribution in [0, 0.1) is 18.6 Å². The first-order valence-corrected chi connectivity index (χ1v) is 8.67. The van der Waals surface area contributed by atoms with Crippen molar-refractivity contribution in [3.05, 3.63) is 59.2 Å². The highest BCUT2D eigenvalue weighted by atomic mass is 19.1. The first kappa shape index (κ1) is 20.4. The topological polar surface area (TPSA) is 67.4 Å². The van der Waals surface area contributed by atoms with Crippen molar-refractivity contribution in [2.24, 2.45) is 0 Å². The molecule has 0 fully saturated rings. The molecule has 0 atom stereocenters. The van der Waals surface area contributed by atoms with E-state index in [1.54, 1.807) is 6.07 Å². The molecule has 0 spiro atoms. The Bertz CT molecular complexity index is 825. The van der Waals surface area contributed by atoms with Crippen molar-refractivity contribution in [2.75, 3.05) is 18.5 Å². The summed E-state index contributed by atoms with van der Waals surface area (Å²) in [5, 5.41) is 5.29. The molecule has 2 amide bonds. The number of nitrogens with one attached hydrogen (secondary N) is 2. The van der Waals surface area contributed by atoms with Gasteiger partial charge in [0.25, 0.3) is 5.91 Å². The molecule has 0 aliphatic heterocycles. The average Bonchev–Trinajstić information content (AvgIpc) is 2.61. The molecule has 0 bridgehead atoms. The number of hydrogen-bond acceptors (Lipinski definition) is 3. The maximum atomic E-state index is 13.5. The fourth-order valence-electron chi connectivity index (χ4n) is 2.44. The molecule has 0 saturated carbocycles. The standard InChI is InChI=1S/C20H22F2N2O3/c1-3-27-18-11-13(2)6-9-17(18)24-19(25)5-4-10-23-20(26)15-8-7-14(21)12-16(15)22/h6-9,11-12H,3-5,10H2,1-2H3,(H,23,26)(H,24,25). The van der Waals surface area contributed by atoms with E-state index in [0.717, 1.165) is 17.7 Å². The minimum absolute atomic E-state index is 0.172. The summed E-state index contributed by atoms with van der Waals surface area (Å²) in [5.74, 6) is -1.94. The van der Waals surface area contributed by atoms with Gasteiger partial charge in [-0.1, -0.05) is 6.07 Å². The molecule has 2 aromatic rings. The number of carbonyl (C=O) groups excluding carboxylic acids is 2. The van der Waals surface area contributed by atoms with E-state index in [-0.39, 0.29) is 24.4 Å². The lowest BCUT2D eigenvalue weighted by Crippen LogP contribution is -2.26. The summed E-state index contributed by atoms with van der Waals surface area (Å²) in [6.07, 6.45) is 0.543. The van der Waals surface area contributed by atoms with Gasteiger partial charge in [-0.3, -0.25) is 9.59 Å². The fourth-order valence-corrected chi connectivity index (χ4v) is 2.44. The van der Waals surface area contributed by atoms with Crippen LogP contribution in [0.2, 0.25) is 0 Å². The second-order valence-electron chi connectivity index (χ2n) is 5.96. The van der Waals surface area contributed by atoms with Gasteiger partial charge in [-0.25, -0.2) is 8.78 Å². The summed E-state index contributed by atoms with van der Waals surface area (Å²) < 4.78 is 31.9. The van der Waals surface area contributed by atoms with Gasteiger partial charge in [-0.15, -0.1) is 0 Å². The molecule has 2 aromatic carbocycles. The Morgan fingerprint density at radius 1 is 1.11 bits per heavy atom. The summed E-state index contributed by atoms with van der Waals surface area (Å²) in [7, 11) is 0. The molecule has 0 aliphatic carbocycles. The first-order valence-electron chi connectivity index (χ1n) is 8.67. The van der Waals surface area contributed by atoms with E-state index in [0.29, 0.717) is 30.5 Å². The van der Waals surface area contributed by atoms with E-state index in [4.69, 9.17) is 4.74 Å². The van der Waals surface area contributed by atoms with Crippen LogP contribution in [-0.4, -0.2) is 25.0 Å². The van der Waals surface area contributed by atoms with Crippen molar-refractivity contribution in [2.45, 2.75) is 26.7 Å². The van der Waals surface area contributed by atoms with Crippen molar-refractivity contribution in [1.82, 2.24) is 5.32 Å². The Morgan fingerprint density at radius 2 is 1.89 bits per heavy atom. The van der Waals surface area contributed by atoms with E-state index in [1.807, 2.05) is 26.0 Å². The second kappa shape index (κ2) is 9.66. The summed E-state index contributed by atoms with van der Waals surface area (Å²) in [6.45, 7) is 4.47. The maximum absolute atomic E-state index is 13.5. The Balaban J connectivity index is 1.80. The number of halogens is 2. The van der Waals surface area contributed by atoms with E-state index < -0.39 is 17.5 Å². The van der Waals surface area contributed by atoms with Gasteiger partial charge in [0.2, 0.25) is 5.91 Å². The number of ether oxygens (including phenoxy) is 1. The fraction of sp³-hybridized carbons (Fsp3) is 0.300. The number of benzene rings is 2. The number of rotatable bonds is 8. The molecular formula is C20H22F2N2O3. The highest BCUT2D eigenvalue weighted by Gasteiger charge is 2.12. The normalized spacial score (nSPS) is 10.4. The lowest BCUT2D eigenvalue weighted by atomic mass is 10.2. The molecule has 5 nitrogen and oxygen atoms in total. The van der Waals surface area contributed by atoms with E-state index in [2.05, 4.69) is 10.6 Å². The van der Waals surface area contributed by atoms with Crippen LogP contribution in [0.5, 0.6) is 5.75 Å². The molecule has 2 rings (SSSR count). The molecule has 0 unspecified atom stereocenters. The zero-order chi connectivity index (χ0) is 19.8.